The van der Waals surface area contributed by atoms with Gasteiger partial charge in [0, 0.05) is 27.4 Å². The Morgan fingerprint density at radius 1 is 0.950 bits per heavy atom. The van der Waals surface area contributed by atoms with E-state index in [1.54, 1.807) is 0 Å². The third-order valence-electron chi connectivity index (χ3n) is 3.16. The number of halogens is 3. The SMILES string of the molecule is CO[Si](CCCc1ccc(C(F)(F)F)cc1)(OC)OC. The summed E-state index contributed by atoms with van der Waals surface area (Å²) in [4.78, 5) is 0. The van der Waals surface area contributed by atoms with Crippen molar-refractivity contribution in [3.05, 3.63) is 35.4 Å². The van der Waals surface area contributed by atoms with Crippen molar-refractivity contribution in [1.29, 1.82) is 0 Å². The molecule has 1 rings (SSSR count). The topological polar surface area (TPSA) is 27.7 Å². The molecule has 0 radical (unpaired) electrons. The van der Waals surface area contributed by atoms with Gasteiger partial charge in [0.15, 0.2) is 0 Å². The van der Waals surface area contributed by atoms with Crippen LogP contribution in [-0.2, 0) is 25.9 Å². The van der Waals surface area contributed by atoms with Gasteiger partial charge >= 0.3 is 15.0 Å². The summed E-state index contributed by atoms with van der Waals surface area (Å²) in [6.07, 6.45) is -2.90. The highest BCUT2D eigenvalue weighted by Crippen LogP contribution is 2.29. The maximum Gasteiger partial charge on any atom is 0.500 e. The van der Waals surface area contributed by atoms with Gasteiger partial charge in [-0.1, -0.05) is 12.1 Å². The molecule has 20 heavy (non-hydrogen) atoms. The van der Waals surface area contributed by atoms with Crippen molar-refractivity contribution in [1.82, 2.24) is 0 Å². The zero-order valence-corrected chi connectivity index (χ0v) is 12.8. The van der Waals surface area contributed by atoms with Crippen LogP contribution < -0.4 is 0 Å². The Kier molecular flexibility index (Phi) is 6.19. The summed E-state index contributed by atoms with van der Waals surface area (Å²) in [6, 6.07) is 5.82. The van der Waals surface area contributed by atoms with Crippen molar-refractivity contribution < 1.29 is 26.4 Å². The lowest BCUT2D eigenvalue weighted by molar-refractivity contribution is -0.137. The van der Waals surface area contributed by atoms with Gasteiger partial charge in [0.2, 0.25) is 0 Å². The van der Waals surface area contributed by atoms with Crippen molar-refractivity contribution in [3.63, 3.8) is 0 Å². The standard InChI is InChI=1S/C13H19F3O3Si/c1-17-20(18-2,19-3)10-4-5-11-6-8-12(9-7-11)13(14,15)16/h6-9H,4-5,10H2,1-3H3. The number of benzene rings is 1. The van der Waals surface area contributed by atoms with Crippen LogP contribution in [-0.4, -0.2) is 30.1 Å². The van der Waals surface area contributed by atoms with Crippen LogP contribution in [0.25, 0.3) is 0 Å². The second-order valence-electron chi connectivity index (χ2n) is 4.34. The highest BCUT2D eigenvalue weighted by molar-refractivity contribution is 6.60. The van der Waals surface area contributed by atoms with E-state index in [-0.39, 0.29) is 0 Å². The van der Waals surface area contributed by atoms with Crippen molar-refractivity contribution in [3.8, 4) is 0 Å². The molecule has 0 N–H and O–H groups in total. The highest BCUT2D eigenvalue weighted by Gasteiger charge is 2.36. The van der Waals surface area contributed by atoms with E-state index in [1.807, 2.05) is 0 Å². The van der Waals surface area contributed by atoms with Gasteiger partial charge < -0.3 is 13.3 Å². The zero-order valence-electron chi connectivity index (χ0n) is 11.8. The van der Waals surface area contributed by atoms with Crippen LogP contribution in [0.4, 0.5) is 13.2 Å². The predicted octanol–water partition coefficient (Wildman–Crippen LogP) is 3.52. The van der Waals surface area contributed by atoms with E-state index in [0.29, 0.717) is 12.5 Å². The van der Waals surface area contributed by atoms with Gasteiger partial charge in [0.25, 0.3) is 0 Å². The maximum atomic E-state index is 12.4. The average molecular weight is 308 g/mol. The molecule has 1 aromatic carbocycles. The van der Waals surface area contributed by atoms with E-state index in [9.17, 15) is 13.2 Å². The lowest BCUT2D eigenvalue weighted by Crippen LogP contribution is -2.42. The van der Waals surface area contributed by atoms with E-state index in [4.69, 9.17) is 13.3 Å². The molecule has 0 aromatic heterocycles. The van der Waals surface area contributed by atoms with E-state index in [2.05, 4.69) is 0 Å². The Bertz CT molecular complexity index is 394. The molecule has 0 aliphatic rings. The molecular formula is C13H19F3O3Si. The van der Waals surface area contributed by atoms with Gasteiger partial charge in [-0.15, -0.1) is 0 Å². The van der Waals surface area contributed by atoms with Crippen LogP contribution in [0.1, 0.15) is 17.5 Å². The fraction of sp³-hybridized carbons (Fsp3) is 0.538. The Labute approximate surface area is 118 Å². The smallest absolute Gasteiger partial charge is 0.377 e. The lowest BCUT2D eigenvalue weighted by atomic mass is 10.1. The molecule has 3 nitrogen and oxygen atoms in total. The first-order valence-electron chi connectivity index (χ1n) is 6.18. The third-order valence-corrected chi connectivity index (χ3v) is 5.99. The van der Waals surface area contributed by atoms with Crippen LogP contribution in [0.3, 0.4) is 0 Å². The average Bonchev–Trinajstić information content (AvgIpc) is 2.44. The van der Waals surface area contributed by atoms with Gasteiger partial charge in [0.1, 0.15) is 0 Å². The number of hydrogen-bond donors (Lipinski definition) is 0. The summed E-state index contributed by atoms with van der Waals surface area (Å²) in [7, 11) is 2.03. The molecule has 114 valence electrons. The van der Waals surface area contributed by atoms with Gasteiger partial charge in [0.05, 0.1) is 5.56 Å². The van der Waals surface area contributed by atoms with Crippen LogP contribution in [0.15, 0.2) is 24.3 Å². The van der Waals surface area contributed by atoms with Crippen molar-refractivity contribution in [2.75, 3.05) is 21.3 Å². The van der Waals surface area contributed by atoms with Crippen LogP contribution >= 0.6 is 0 Å². The minimum Gasteiger partial charge on any atom is -0.377 e. The summed E-state index contributed by atoms with van der Waals surface area (Å²) in [5, 5.41) is 0. The van der Waals surface area contributed by atoms with Crippen LogP contribution in [0, 0.1) is 0 Å². The van der Waals surface area contributed by atoms with Crippen LogP contribution in [0.5, 0.6) is 0 Å². The minimum absolute atomic E-state index is 0.623. The molecule has 0 heterocycles. The first kappa shape index (κ1) is 17.2. The molecule has 0 unspecified atom stereocenters. The van der Waals surface area contributed by atoms with Crippen molar-refractivity contribution >= 4 is 8.80 Å². The van der Waals surface area contributed by atoms with Crippen molar-refractivity contribution in [2.45, 2.75) is 25.1 Å². The summed E-state index contributed by atoms with van der Waals surface area (Å²) < 4.78 is 53.1. The molecule has 0 saturated carbocycles. The summed E-state index contributed by atoms with van der Waals surface area (Å²) >= 11 is 0. The molecule has 0 atom stereocenters. The molecule has 0 bridgehead atoms. The molecule has 0 aliphatic heterocycles. The van der Waals surface area contributed by atoms with Crippen LogP contribution in [0.2, 0.25) is 6.04 Å². The van der Waals surface area contributed by atoms with Gasteiger partial charge in [-0.2, -0.15) is 13.2 Å². The Balaban J connectivity index is 2.54. The second kappa shape index (κ2) is 7.21. The number of aryl methyl sites for hydroxylation is 1. The first-order valence-corrected chi connectivity index (χ1v) is 8.11. The Morgan fingerprint density at radius 3 is 1.85 bits per heavy atom. The molecule has 0 aliphatic carbocycles. The van der Waals surface area contributed by atoms with E-state index in [1.165, 1.54) is 33.5 Å². The minimum atomic E-state index is -4.29. The fourth-order valence-electron chi connectivity index (χ4n) is 1.93. The van der Waals surface area contributed by atoms with Crippen molar-refractivity contribution in [2.24, 2.45) is 0 Å². The molecule has 0 spiro atoms. The highest BCUT2D eigenvalue weighted by atomic mass is 28.4. The summed E-state index contributed by atoms with van der Waals surface area (Å²) in [6.45, 7) is 0. The van der Waals surface area contributed by atoms with Gasteiger partial charge in [-0.25, -0.2) is 0 Å². The first-order chi connectivity index (χ1) is 9.37. The fourth-order valence-corrected chi connectivity index (χ4v) is 3.65. The summed E-state index contributed by atoms with van der Waals surface area (Å²) in [5.74, 6) is 0. The largest absolute Gasteiger partial charge is 0.500 e. The normalized spacial score (nSPS) is 12.7. The van der Waals surface area contributed by atoms with Gasteiger partial charge in [-0.05, 0) is 30.5 Å². The monoisotopic (exact) mass is 308 g/mol. The zero-order chi connectivity index (χ0) is 15.2. The second-order valence-corrected chi connectivity index (χ2v) is 7.43. The molecule has 0 amide bonds. The number of hydrogen-bond acceptors (Lipinski definition) is 3. The summed E-state index contributed by atoms with van der Waals surface area (Å²) in [5.41, 5.74) is 0.222. The molecule has 0 fully saturated rings. The maximum absolute atomic E-state index is 12.4. The molecule has 7 heteroatoms. The van der Waals surface area contributed by atoms with E-state index < -0.39 is 20.5 Å². The Morgan fingerprint density at radius 2 is 1.45 bits per heavy atom. The molecule has 1 aromatic rings. The predicted molar refractivity (Wildman–Crippen MR) is 71.4 cm³/mol. The Hall–Kier alpha value is -0.893. The lowest BCUT2D eigenvalue weighted by Gasteiger charge is -2.24. The number of rotatable bonds is 7. The third kappa shape index (κ3) is 4.59. The molecular weight excluding hydrogens is 289 g/mol. The molecule has 0 saturated heterocycles. The van der Waals surface area contributed by atoms with Gasteiger partial charge in [-0.3, -0.25) is 0 Å². The van der Waals surface area contributed by atoms with E-state index in [0.717, 1.165) is 24.1 Å². The van der Waals surface area contributed by atoms with E-state index >= 15 is 0 Å². The number of alkyl halides is 3. The quantitative estimate of drug-likeness (QED) is 0.721.